The van der Waals surface area contributed by atoms with E-state index in [1.165, 1.54) is 5.39 Å². The average Bonchev–Trinajstić information content (AvgIpc) is 3.22. The molecule has 1 saturated heterocycles. The molecule has 1 fully saturated rings. The maximum Gasteiger partial charge on any atom is 0.228 e. The first kappa shape index (κ1) is 17.3. The summed E-state index contributed by atoms with van der Waals surface area (Å²) >= 11 is 0. The number of aromatic nitrogens is 5. The number of aryl methyl sites for hydroxylation is 1. The molecule has 1 N–H and O–H groups in total. The summed E-state index contributed by atoms with van der Waals surface area (Å²) in [7, 11) is 2.10. The molecule has 4 heterocycles. The summed E-state index contributed by atoms with van der Waals surface area (Å²) in [5.74, 6) is 0.797. The van der Waals surface area contributed by atoms with Crippen molar-refractivity contribution >= 4 is 28.0 Å². The Morgan fingerprint density at radius 3 is 2.79 bits per heavy atom. The summed E-state index contributed by atoms with van der Waals surface area (Å²) in [5, 5.41) is 1.19. The van der Waals surface area contributed by atoms with Crippen molar-refractivity contribution in [1.82, 2.24) is 24.3 Å². The lowest BCUT2D eigenvalue weighted by Crippen LogP contribution is -2.38. The first-order chi connectivity index (χ1) is 13.7. The lowest BCUT2D eigenvalue weighted by molar-refractivity contribution is 0.122. The van der Waals surface area contributed by atoms with E-state index in [1.54, 1.807) is 0 Å². The number of nitrogens with zero attached hydrogens (tertiary/aromatic N) is 5. The highest BCUT2D eigenvalue weighted by Crippen LogP contribution is 2.36. The molecule has 0 saturated carbocycles. The standard InChI is InChI=1S/C21H26N6O/c1-4-14(2)27-20-19(25(27)3)18(16-6-5-7-17-15(16)8-9-22-17)23-21(24-20)26-10-12-28-13-11-26/h5-9,14,22H,4,10-13H2,1-3H3. The minimum absolute atomic E-state index is 0.390. The Labute approximate surface area is 163 Å². The predicted octanol–water partition coefficient (Wildman–Crippen LogP) is 3.73. The van der Waals surface area contributed by atoms with E-state index < -0.39 is 0 Å². The van der Waals surface area contributed by atoms with Crippen LogP contribution in [-0.2, 0) is 11.8 Å². The second-order valence-corrected chi connectivity index (χ2v) is 7.51. The van der Waals surface area contributed by atoms with Gasteiger partial charge in [-0.1, -0.05) is 19.1 Å². The Morgan fingerprint density at radius 1 is 1.18 bits per heavy atom. The molecule has 1 atom stereocenters. The van der Waals surface area contributed by atoms with Gasteiger partial charge in [-0.05, 0) is 25.5 Å². The van der Waals surface area contributed by atoms with Gasteiger partial charge in [0, 0.05) is 48.8 Å². The third kappa shape index (κ3) is 2.53. The van der Waals surface area contributed by atoms with Crippen molar-refractivity contribution in [2.24, 2.45) is 7.05 Å². The first-order valence-electron chi connectivity index (χ1n) is 10.0. The lowest BCUT2D eigenvalue weighted by Gasteiger charge is -2.32. The topological polar surface area (TPSA) is 63.9 Å². The van der Waals surface area contributed by atoms with Gasteiger partial charge in [0.15, 0.2) is 5.65 Å². The molecule has 5 rings (SSSR count). The molecule has 7 heteroatoms. The molecule has 4 aromatic rings. The molecular formula is C21H26N6O. The van der Waals surface area contributed by atoms with Crippen molar-refractivity contribution in [2.45, 2.75) is 26.3 Å². The fraction of sp³-hybridized carbons (Fsp3) is 0.429. The Balaban J connectivity index is 1.76. The maximum atomic E-state index is 5.53. The zero-order valence-corrected chi connectivity index (χ0v) is 16.6. The van der Waals surface area contributed by atoms with Crippen molar-refractivity contribution < 1.29 is 4.74 Å². The zero-order valence-electron chi connectivity index (χ0n) is 16.6. The number of hydrogen-bond acceptors (Lipinski definition) is 4. The number of aromatic amines is 1. The largest absolute Gasteiger partial charge is 0.378 e. The Hall–Kier alpha value is -2.80. The van der Waals surface area contributed by atoms with Gasteiger partial charge in [-0.25, -0.2) is 4.98 Å². The van der Waals surface area contributed by atoms with Crippen molar-refractivity contribution in [3.05, 3.63) is 30.5 Å². The molecule has 0 spiro atoms. The number of rotatable bonds is 4. The Morgan fingerprint density at radius 2 is 2.00 bits per heavy atom. The van der Waals surface area contributed by atoms with Crippen molar-refractivity contribution in [3.63, 3.8) is 0 Å². The van der Waals surface area contributed by atoms with E-state index in [0.717, 1.165) is 66.6 Å². The van der Waals surface area contributed by atoms with E-state index in [-0.39, 0.29) is 0 Å². The minimum Gasteiger partial charge on any atom is -0.378 e. The van der Waals surface area contributed by atoms with E-state index in [1.807, 2.05) is 6.20 Å². The fourth-order valence-electron chi connectivity index (χ4n) is 4.16. The van der Waals surface area contributed by atoms with Gasteiger partial charge in [-0.2, -0.15) is 4.98 Å². The Bertz CT molecular complexity index is 1130. The van der Waals surface area contributed by atoms with Crippen LogP contribution in [0, 0.1) is 0 Å². The fourth-order valence-corrected chi connectivity index (χ4v) is 4.16. The second kappa shape index (κ2) is 6.67. The highest BCUT2D eigenvalue weighted by atomic mass is 16.5. The molecule has 1 aliphatic heterocycles. The van der Waals surface area contributed by atoms with Crippen molar-refractivity contribution in [3.8, 4) is 11.3 Å². The van der Waals surface area contributed by atoms with E-state index in [2.05, 4.69) is 64.4 Å². The van der Waals surface area contributed by atoms with E-state index in [4.69, 9.17) is 14.7 Å². The third-order valence-corrected chi connectivity index (χ3v) is 5.87. The van der Waals surface area contributed by atoms with Crippen LogP contribution in [0.4, 0.5) is 5.95 Å². The summed E-state index contributed by atoms with van der Waals surface area (Å²) in [6.07, 6.45) is 3.04. The summed E-state index contributed by atoms with van der Waals surface area (Å²) in [6.45, 7) is 7.54. The molecule has 146 valence electrons. The molecule has 0 aliphatic carbocycles. The van der Waals surface area contributed by atoms with Crippen molar-refractivity contribution in [1.29, 1.82) is 0 Å². The molecule has 3 aromatic heterocycles. The van der Waals surface area contributed by atoms with Gasteiger partial charge in [0.1, 0.15) is 11.2 Å². The molecule has 1 aromatic carbocycles. The van der Waals surface area contributed by atoms with Gasteiger partial charge in [0.2, 0.25) is 5.95 Å². The van der Waals surface area contributed by atoms with E-state index in [0.29, 0.717) is 6.04 Å². The van der Waals surface area contributed by atoms with Crippen LogP contribution in [-0.4, -0.2) is 50.6 Å². The molecule has 0 amide bonds. The summed E-state index contributed by atoms with van der Waals surface area (Å²) in [4.78, 5) is 15.6. The number of anilines is 1. The smallest absolute Gasteiger partial charge is 0.228 e. The average molecular weight is 378 g/mol. The third-order valence-electron chi connectivity index (χ3n) is 5.87. The number of ether oxygens (including phenoxy) is 1. The highest BCUT2D eigenvalue weighted by Gasteiger charge is 2.25. The van der Waals surface area contributed by atoms with Crippen LogP contribution < -0.4 is 4.90 Å². The van der Waals surface area contributed by atoms with E-state index in [9.17, 15) is 0 Å². The molecule has 1 unspecified atom stereocenters. The van der Waals surface area contributed by atoms with Crippen LogP contribution in [0.2, 0.25) is 0 Å². The molecule has 28 heavy (non-hydrogen) atoms. The number of benzene rings is 1. The molecule has 1 aliphatic rings. The highest BCUT2D eigenvalue weighted by molar-refractivity contribution is 6.01. The minimum atomic E-state index is 0.390. The molecule has 0 bridgehead atoms. The number of hydrogen-bond donors (Lipinski definition) is 1. The summed E-state index contributed by atoms with van der Waals surface area (Å²) in [5.41, 5.74) is 5.39. The zero-order chi connectivity index (χ0) is 19.3. The Kier molecular flexibility index (Phi) is 4.12. The van der Waals surface area contributed by atoms with Gasteiger partial charge in [-0.3, -0.25) is 9.36 Å². The number of morpholine rings is 1. The molecule has 7 nitrogen and oxygen atoms in total. The second-order valence-electron chi connectivity index (χ2n) is 7.51. The van der Waals surface area contributed by atoms with Crippen LogP contribution in [0.5, 0.6) is 0 Å². The lowest BCUT2D eigenvalue weighted by atomic mass is 10.1. The SMILES string of the molecule is CCC(C)n1c2nc(N3CCOCC3)nc(-c3cccc4[nH]ccc34)c2n1C. The van der Waals surface area contributed by atoms with E-state index >= 15 is 0 Å². The van der Waals surface area contributed by atoms with Gasteiger partial charge >= 0.3 is 0 Å². The summed E-state index contributed by atoms with van der Waals surface area (Å²) in [6, 6.07) is 8.85. The summed E-state index contributed by atoms with van der Waals surface area (Å²) < 4.78 is 10.0. The molecular weight excluding hydrogens is 352 g/mol. The number of nitrogens with one attached hydrogen (secondary N) is 1. The quantitative estimate of drug-likeness (QED) is 0.588. The first-order valence-corrected chi connectivity index (χ1v) is 10.0. The van der Waals surface area contributed by atoms with Gasteiger partial charge in [0.25, 0.3) is 0 Å². The normalized spacial score (nSPS) is 16.3. The number of H-pyrrole nitrogens is 1. The molecule has 0 radical (unpaired) electrons. The van der Waals surface area contributed by atoms with Crippen LogP contribution in [0.1, 0.15) is 26.3 Å². The van der Waals surface area contributed by atoms with Crippen LogP contribution in [0.15, 0.2) is 30.5 Å². The monoisotopic (exact) mass is 378 g/mol. The number of fused-ring (bicyclic) bond motifs is 2. The van der Waals surface area contributed by atoms with Gasteiger partial charge in [0.05, 0.1) is 13.2 Å². The van der Waals surface area contributed by atoms with Gasteiger partial charge < -0.3 is 14.6 Å². The van der Waals surface area contributed by atoms with Crippen LogP contribution in [0.3, 0.4) is 0 Å². The predicted molar refractivity (Wildman–Crippen MR) is 112 cm³/mol. The maximum absolute atomic E-state index is 5.53. The van der Waals surface area contributed by atoms with Crippen LogP contribution >= 0.6 is 0 Å². The van der Waals surface area contributed by atoms with Crippen LogP contribution in [0.25, 0.3) is 33.3 Å². The van der Waals surface area contributed by atoms with Crippen molar-refractivity contribution in [2.75, 3.05) is 31.2 Å². The van der Waals surface area contributed by atoms with Gasteiger partial charge in [-0.15, -0.1) is 0 Å².